The van der Waals surface area contributed by atoms with E-state index < -0.39 is 6.10 Å². The highest BCUT2D eigenvalue weighted by molar-refractivity contribution is 6.30. The van der Waals surface area contributed by atoms with Crippen LogP contribution in [0, 0.1) is 0 Å². The number of halogens is 1. The lowest BCUT2D eigenvalue weighted by Crippen LogP contribution is -2.30. The molecule has 0 spiro atoms. The number of nitrogens with one attached hydrogen (secondary N) is 2. The number of ether oxygens (including phenoxy) is 1. The summed E-state index contributed by atoms with van der Waals surface area (Å²) in [6.45, 7) is 3.04. The Morgan fingerprint density at radius 2 is 1.70 bits per heavy atom. The van der Waals surface area contributed by atoms with Gasteiger partial charge in [-0.25, -0.2) is 0 Å². The number of carbonyl (C=O) groups is 2. The molecule has 2 aromatic rings. The molecule has 23 heavy (non-hydrogen) atoms. The van der Waals surface area contributed by atoms with Crippen LogP contribution in [-0.2, 0) is 9.59 Å². The first-order valence-electron chi connectivity index (χ1n) is 7.05. The molecule has 1 atom stereocenters. The second kappa shape index (κ2) is 7.65. The molecule has 2 rings (SSSR count). The van der Waals surface area contributed by atoms with Gasteiger partial charge in [-0.15, -0.1) is 0 Å². The van der Waals surface area contributed by atoms with Crippen LogP contribution in [0.25, 0.3) is 0 Å². The van der Waals surface area contributed by atoms with Crippen molar-refractivity contribution in [2.75, 3.05) is 10.6 Å². The van der Waals surface area contributed by atoms with Gasteiger partial charge in [-0.2, -0.15) is 0 Å². The Labute approximate surface area is 139 Å². The van der Waals surface area contributed by atoms with Gasteiger partial charge >= 0.3 is 0 Å². The van der Waals surface area contributed by atoms with Crippen LogP contribution in [0.1, 0.15) is 13.8 Å². The maximum atomic E-state index is 12.2. The highest BCUT2D eigenvalue weighted by Gasteiger charge is 2.16. The van der Waals surface area contributed by atoms with Crippen LogP contribution in [0.5, 0.6) is 5.75 Å². The Morgan fingerprint density at radius 3 is 2.35 bits per heavy atom. The van der Waals surface area contributed by atoms with Crippen LogP contribution in [0.4, 0.5) is 11.4 Å². The van der Waals surface area contributed by atoms with Gasteiger partial charge in [0.1, 0.15) is 5.75 Å². The topological polar surface area (TPSA) is 67.4 Å². The summed E-state index contributed by atoms with van der Waals surface area (Å²) in [6, 6.07) is 13.7. The summed E-state index contributed by atoms with van der Waals surface area (Å²) in [4.78, 5) is 23.4. The summed E-state index contributed by atoms with van der Waals surface area (Å²) in [7, 11) is 0. The fourth-order valence-corrected chi connectivity index (χ4v) is 2.01. The molecule has 0 aliphatic rings. The minimum atomic E-state index is -0.736. The van der Waals surface area contributed by atoms with Gasteiger partial charge < -0.3 is 15.4 Å². The first kappa shape index (κ1) is 16.8. The summed E-state index contributed by atoms with van der Waals surface area (Å²) in [5, 5.41) is 6.00. The van der Waals surface area contributed by atoms with Crippen molar-refractivity contribution in [2.45, 2.75) is 20.0 Å². The predicted molar refractivity (Wildman–Crippen MR) is 90.9 cm³/mol. The van der Waals surface area contributed by atoms with Gasteiger partial charge in [0.2, 0.25) is 5.91 Å². The minimum absolute atomic E-state index is 0.209. The summed E-state index contributed by atoms with van der Waals surface area (Å²) in [5.41, 5.74) is 1.15. The lowest BCUT2D eigenvalue weighted by molar-refractivity contribution is -0.122. The van der Waals surface area contributed by atoms with Gasteiger partial charge in [0.25, 0.3) is 5.91 Å². The van der Waals surface area contributed by atoms with Crippen molar-refractivity contribution in [3.63, 3.8) is 0 Å². The average Bonchev–Trinajstić information content (AvgIpc) is 2.51. The van der Waals surface area contributed by atoms with Crippen LogP contribution in [0.15, 0.2) is 48.5 Å². The van der Waals surface area contributed by atoms with E-state index in [4.69, 9.17) is 16.3 Å². The largest absolute Gasteiger partial charge is 0.479 e. The quantitative estimate of drug-likeness (QED) is 0.877. The van der Waals surface area contributed by atoms with Crippen LogP contribution < -0.4 is 15.4 Å². The number of rotatable bonds is 5. The molecule has 0 aliphatic carbocycles. The van der Waals surface area contributed by atoms with Crippen LogP contribution in [0.3, 0.4) is 0 Å². The molecule has 5 nitrogen and oxygen atoms in total. The minimum Gasteiger partial charge on any atom is -0.479 e. The van der Waals surface area contributed by atoms with Crippen molar-refractivity contribution < 1.29 is 14.3 Å². The molecule has 0 saturated heterocycles. The standard InChI is InChI=1S/C17H17ClN2O3/c1-11(17(22)20-14-9-7-13(18)8-10-14)23-16-6-4-3-5-15(16)19-12(2)21/h3-11H,1-2H3,(H,19,21)(H,20,22). The van der Waals surface area contributed by atoms with Gasteiger partial charge in [-0.05, 0) is 43.3 Å². The fraction of sp³-hybridized carbons (Fsp3) is 0.176. The SMILES string of the molecule is CC(=O)Nc1ccccc1OC(C)C(=O)Nc1ccc(Cl)cc1. The van der Waals surface area contributed by atoms with Crippen LogP contribution in [-0.4, -0.2) is 17.9 Å². The van der Waals surface area contributed by atoms with Crippen molar-refractivity contribution >= 4 is 34.8 Å². The third-order valence-corrected chi connectivity index (χ3v) is 3.23. The number of hydrogen-bond acceptors (Lipinski definition) is 3. The maximum absolute atomic E-state index is 12.2. The summed E-state index contributed by atoms with van der Waals surface area (Å²) in [6.07, 6.45) is -0.736. The first-order chi connectivity index (χ1) is 11.0. The normalized spacial score (nSPS) is 11.4. The highest BCUT2D eigenvalue weighted by Crippen LogP contribution is 2.25. The second-order valence-corrected chi connectivity index (χ2v) is 5.37. The number of para-hydroxylation sites is 2. The van der Waals surface area contributed by atoms with Crippen molar-refractivity contribution in [1.82, 2.24) is 0 Å². The van der Waals surface area contributed by atoms with E-state index in [0.717, 1.165) is 0 Å². The molecule has 2 N–H and O–H groups in total. The Hall–Kier alpha value is -2.53. The zero-order valence-electron chi connectivity index (χ0n) is 12.8. The van der Waals surface area contributed by atoms with Gasteiger partial charge in [0.15, 0.2) is 6.10 Å². The Balaban J connectivity index is 2.03. The molecule has 0 bridgehead atoms. The van der Waals surface area contributed by atoms with E-state index in [1.165, 1.54) is 6.92 Å². The molecule has 0 aromatic heterocycles. The van der Waals surface area contributed by atoms with E-state index >= 15 is 0 Å². The Morgan fingerprint density at radius 1 is 1.04 bits per heavy atom. The molecule has 0 radical (unpaired) electrons. The Kier molecular flexibility index (Phi) is 5.60. The molecule has 2 aromatic carbocycles. The van der Waals surface area contributed by atoms with Crippen LogP contribution >= 0.6 is 11.6 Å². The molecule has 0 heterocycles. The predicted octanol–water partition coefficient (Wildman–Crippen LogP) is 3.70. The van der Waals surface area contributed by atoms with Gasteiger partial charge in [0.05, 0.1) is 5.69 Å². The van der Waals surface area contributed by atoms with Gasteiger partial charge in [-0.1, -0.05) is 23.7 Å². The second-order valence-electron chi connectivity index (χ2n) is 4.93. The first-order valence-corrected chi connectivity index (χ1v) is 7.43. The van der Waals surface area contributed by atoms with Crippen LogP contribution in [0.2, 0.25) is 5.02 Å². The van der Waals surface area contributed by atoms with Crippen molar-refractivity contribution in [3.8, 4) is 5.75 Å². The van der Waals surface area contributed by atoms with Crippen molar-refractivity contribution in [2.24, 2.45) is 0 Å². The molecule has 0 saturated carbocycles. The Bertz CT molecular complexity index is 701. The third-order valence-electron chi connectivity index (χ3n) is 2.98. The van der Waals surface area contributed by atoms with E-state index in [0.29, 0.717) is 22.1 Å². The van der Waals surface area contributed by atoms with E-state index in [1.807, 2.05) is 0 Å². The summed E-state index contributed by atoms with van der Waals surface area (Å²) in [5.74, 6) is -0.0780. The third kappa shape index (κ3) is 5.00. The number of anilines is 2. The smallest absolute Gasteiger partial charge is 0.265 e. The molecule has 0 aliphatic heterocycles. The summed E-state index contributed by atoms with van der Waals surface area (Å²) >= 11 is 5.81. The van der Waals surface area contributed by atoms with Gasteiger partial charge in [-0.3, -0.25) is 9.59 Å². The molecular weight excluding hydrogens is 316 g/mol. The number of benzene rings is 2. The van der Waals surface area contributed by atoms with E-state index in [9.17, 15) is 9.59 Å². The lowest BCUT2D eigenvalue weighted by atomic mass is 10.2. The fourth-order valence-electron chi connectivity index (χ4n) is 1.88. The molecule has 2 amide bonds. The number of hydrogen-bond donors (Lipinski definition) is 2. The van der Waals surface area contributed by atoms with E-state index in [1.54, 1.807) is 55.5 Å². The molecule has 1 unspecified atom stereocenters. The number of carbonyl (C=O) groups excluding carboxylic acids is 2. The number of amides is 2. The monoisotopic (exact) mass is 332 g/mol. The molecule has 120 valence electrons. The highest BCUT2D eigenvalue weighted by atomic mass is 35.5. The van der Waals surface area contributed by atoms with E-state index in [-0.39, 0.29) is 11.8 Å². The maximum Gasteiger partial charge on any atom is 0.265 e. The van der Waals surface area contributed by atoms with E-state index in [2.05, 4.69) is 10.6 Å². The summed E-state index contributed by atoms with van der Waals surface area (Å²) < 4.78 is 5.65. The zero-order valence-corrected chi connectivity index (χ0v) is 13.6. The zero-order chi connectivity index (χ0) is 16.8. The molecule has 6 heteroatoms. The van der Waals surface area contributed by atoms with Crippen molar-refractivity contribution in [3.05, 3.63) is 53.6 Å². The average molecular weight is 333 g/mol. The molecular formula is C17H17ClN2O3. The lowest BCUT2D eigenvalue weighted by Gasteiger charge is -2.17. The van der Waals surface area contributed by atoms with Gasteiger partial charge in [0, 0.05) is 17.6 Å². The van der Waals surface area contributed by atoms with Crippen molar-refractivity contribution in [1.29, 1.82) is 0 Å². The molecule has 0 fully saturated rings.